The molecule has 7 nitrogen and oxygen atoms in total. The van der Waals surface area contributed by atoms with E-state index in [0.717, 1.165) is 0 Å². The molecule has 0 unspecified atom stereocenters. The average Bonchev–Trinajstić information content (AvgIpc) is 2.46. The third kappa shape index (κ3) is 3.46. The van der Waals surface area contributed by atoms with Crippen molar-refractivity contribution < 1.29 is 14.6 Å². The Kier molecular flexibility index (Phi) is 4.34. The van der Waals surface area contributed by atoms with Gasteiger partial charge in [-0.3, -0.25) is 20.2 Å². The number of hydrogen-bond acceptors (Lipinski definition) is 5. The Hall–Kier alpha value is -2.67. The highest BCUT2D eigenvalue weighted by Gasteiger charge is 2.15. The van der Waals surface area contributed by atoms with Crippen molar-refractivity contribution in [3.63, 3.8) is 0 Å². The van der Waals surface area contributed by atoms with Crippen LogP contribution in [-0.2, 0) is 6.61 Å². The largest absolute Gasteiger partial charge is 0.482 e. The van der Waals surface area contributed by atoms with Crippen LogP contribution in [0.1, 0.15) is 5.56 Å². The SMILES string of the molecule is O=[N+]([O-])c1ccc(Cl)c(COc2ccccc2[N+](=O)[O-])c1. The van der Waals surface area contributed by atoms with Gasteiger partial charge in [0.2, 0.25) is 0 Å². The molecule has 0 aliphatic rings. The second-order valence-electron chi connectivity index (χ2n) is 4.05. The van der Waals surface area contributed by atoms with Crippen LogP contribution in [0.25, 0.3) is 0 Å². The predicted molar refractivity (Wildman–Crippen MR) is 75.5 cm³/mol. The number of hydrogen-bond donors (Lipinski definition) is 0. The Bertz CT molecular complexity index is 705. The van der Waals surface area contributed by atoms with Gasteiger partial charge in [-0.05, 0) is 12.1 Å². The molecule has 0 heterocycles. The quantitative estimate of drug-likeness (QED) is 0.619. The summed E-state index contributed by atoms with van der Waals surface area (Å²) in [5.74, 6) is 0.0741. The summed E-state index contributed by atoms with van der Waals surface area (Å²) in [6.45, 7) is -0.106. The van der Waals surface area contributed by atoms with Gasteiger partial charge in [0.25, 0.3) is 5.69 Å². The second kappa shape index (κ2) is 6.19. The zero-order valence-electron chi connectivity index (χ0n) is 10.6. The number of benzene rings is 2. The van der Waals surface area contributed by atoms with Gasteiger partial charge in [-0.1, -0.05) is 23.7 Å². The van der Waals surface area contributed by atoms with Crippen LogP contribution in [0.3, 0.4) is 0 Å². The molecule has 0 spiro atoms. The van der Waals surface area contributed by atoms with Crippen LogP contribution in [0, 0.1) is 20.2 Å². The van der Waals surface area contributed by atoms with E-state index in [1.54, 1.807) is 6.07 Å². The molecule has 0 aromatic heterocycles. The maximum atomic E-state index is 10.9. The maximum Gasteiger partial charge on any atom is 0.310 e. The standard InChI is InChI=1S/C13H9ClN2O5/c14-11-6-5-10(15(17)18)7-9(11)8-21-13-4-2-1-3-12(13)16(19)20/h1-7H,8H2. The third-order valence-electron chi connectivity index (χ3n) is 2.69. The number of nitro groups is 2. The molecular formula is C13H9ClN2O5. The zero-order valence-corrected chi connectivity index (χ0v) is 11.3. The normalized spacial score (nSPS) is 10.1. The lowest BCUT2D eigenvalue weighted by atomic mass is 10.2. The molecule has 0 saturated carbocycles. The van der Waals surface area contributed by atoms with Crippen LogP contribution in [0.5, 0.6) is 5.75 Å². The summed E-state index contributed by atoms with van der Waals surface area (Å²) >= 11 is 5.93. The van der Waals surface area contributed by atoms with Crippen molar-refractivity contribution in [2.45, 2.75) is 6.61 Å². The van der Waals surface area contributed by atoms with Crippen molar-refractivity contribution in [3.8, 4) is 5.75 Å². The van der Waals surface area contributed by atoms with Gasteiger partial charge in [0.05, 0.1) is 9.85 Å². The van der Waals surface area contributed by atoms with Crippen LogP contribution in [0.4, 0.5) is 11.4 Å². The van der Waals surface area contributed by atoms with Crippen molar-refractivity contribution in [1.82, 2.24) is 0 Å². The van der Waals surface area contributed by atoms with E-state index in [9.17, 15) is 20.2 Å². The number of non-ortho nitro benzene ring substituents is 1. The Morgan fingerprint density at radius 2 is 1.76 bits per heavy atom. The van der Waals surface area contributed by atoms with E-state index in [1.165, 1.54) is 36.4 Å². The summed E-state index contributed by atoms with van der Waals surface area (Å²) in [6, 6.07) is 9.81. The van der Waals surface area contributed by atoms with Gasteiger partial charge in [0.1, 0.15) is 6.61 Å². The third-order valence-corrected chi connectivity index (χ3v) is 3.05. The van der Waals surface area contributed by atoms with Gasteiger partial charge in [-0.2, -0.15) is 0 Å². The Labute approximate surface area is 124 Å². The molecular weight excluding hydrogens is 300 g/mol. The molecule has 0 fully saturated rings. The molecule has 0 saturated heterocycles. The van der Waals surface area contributed by atoms with E-state index in [4.69, 9.17) is 16.3 Å². The molecule has 108 valence electrons. The lowest BCUT2D eigenvalue weighted by molar-refractivity contribution is -0.386. The fourth-order valence-electron chi connectivity index (χ4n) is 1.67. The van der Waals surface area contributed by atoms with Crippen molar-refractivity contribution in [2.24, 2.45) is 0 Å². The molecule has 0 radical (unpaired) electrons. The summed E-state index contributed by atoms with van der Waals surface area (Å²) in [5.41, 5.74) is 0.0728. The first-order valence-electron chi connectivity index (χ1n) is 5.78. The molecule has 2 rings (SSSR count). The number of ether oxygens (including phenoxy) is 1. The number of halogens is 1. The minimum atomic E-state index is -0.565. The summed E-state index contributed by atoms with van der Waals surface area (Å²) in [6.07, 6.45) is 0. The number of nitro benzene ring substituents is 2. The van der Waals surface area contributed by atoms with Crippen LogP contribution >= 0.6 is 11.6 Å². The number of nitrogens with zero attached hydrogens (tertiary/aromatic N) is 2. The highest BCUT2D eigenvalue weighted by atomic mass is 35.5. The van der Waals surface area contributed by atoms with E-state index in [0.29, 0.717) is 10.6 Å². The lowest BCUT2D eigenvalue weighted by Gasteiger charge is -2.08. The highest BCUT2D eigenvalue weighted by molar-refractivity contribution is 6.31. The molecule has 0 N–H and O–H groups in total. The molecule has 2 aromatic rings. The molecule has 0 amide bonds. The highest BCUT2D eigenvalue weighted by Crippen LogP contribution is 2.28. The molecule has 0 aliphatic heterocycles. The fourth-order valence-corrected chi connectivity index (χ4v) is 1.84. The average molecular weight is 309 g/mol. The fraction of sp³-hybridized carbons (Fsp3) is 0.0769. The van der Waals surface area contributed by atoms with Gasteiger partial charge in [-0.15, -0.1) is 0 Å². The van der Waals surface area contributed by atoms with Gasteiger partial charge in [0.15, 0.2) is 5.75 Å². The number of para-hydroxylation sites is 2. The monoisotopic (exact) mass is 308 g/mol. The molecule has 0 bridgehead atoms. The minimum absolute atomic E-state index is 0.0741. The van der Waals surface area contributed by atoms with Gasteiger partial charge in [0, 0.05) is 28.8 Å². The van der Waals surface area contributed by atoms with Gasteiger partial charge < -0.3 is 4.74 Å². The van der Waals surface area contributed by atoms with Crippen LogP contribution in [0.15, 0.2) is 42.5 Å². The topological polar surface area (TPSA) is 95.5 Å². The maximum absolute atomic E-state index is 10.9. The smallest absolute Gasteiger partial charge is 0.310 e. The van der Waals surface area contributed by atoms with Crippen molar-refractivity contribution in [3.05, 3.63) is 73.3 Å². The summed E-state index contributed by atoms with van der Waals surface area (Å²) in [4.78, 5) is 20.5. The van der Waals surface area contributed by atoms with Crippen LogP contribution < -0.4 is 4.74 Å². The van der Waals surface area contributed by atoms with Gasteiger partial charge >= 0.3 is 5.69 Å². The number of rotatable bonds is 5. The summed E-state index contributed by atoms with van der Waals surface area (Å²) in [7, 11) is 0. The molecule has 2 aromatic carbocycles. The Morgan fingerprint density at radius 1 is 1.05 bits per heavy atom. The van der Waals surface area contributed by atoms with E-state index in [2.05, 4.69) is 0 Å². The summed E-state index contributed by atoms with van der Waals surface area (Å²) < 4.78 is 5.35. The minimum Gasteiger partial charge on any atom is -0.482 e. The molecule has 0 atom stereocenters. The van der Waals surface area contributed by atoms with E-state index >= 15 is 0 Å². The predicted octanol–water partition coefficient (Wildman–Crippen LogP) is 3.74. The summed E-state index contributed by atoms with van der Waals surface area (Å²) in [5, 5.41) is 21.9. The first-order chi connectivity index (χ1) is 9.99. The van der Waals surface area contributed by atoms with Crippen molar-refractivity contribution in [1.29, 1.82) is 0 Å². The van der Waals surface area contributed by atoms with E-state index in [1.807, 2.05) is 0 Å². The van der Waals surface area contributed by atoms with E-state index in [-0.39, 0.29) is 23.7 Å². The van der Waals surface area contributed by atoms with E-state index < -0.39 is 9.85 Å². The molecule has 8 heteroatoms. The Morgan fingerprint density at radius 3 is 2.43 bits per heavy atom. The van der Waals surface area contributed by atoms with Crippen LogP contribution in [0.2, 0.25) is 5.02 Å². The van der Waals surface area contributed by atoms with Crippen molar-refractivity contribution >= 4 is 23.0 Å². The van der Waals surface area contributed by atoms with Crippen LogP contribution in [-0.4, -0.2) is 9.85 Å². The first-order valence-corrected chi connectivity index (χ1v) is 6.16. The Balaban J connectivity index is 2.22. The zero-order chi connectivity index (χ0) is 15.4. The second-order valence-corrected chi connectivity index (χ2v) is 4.45. The van der Waals surface area contributed by atoms with Gasteiger partial charge in [-0.25, -0.2) is 0 Å². The van der Waals surface area contributed by atoms with Crippen molar-refractivity contribution in [2.75, 3.05) is 0 Å². The first kappa shape index (κ1) is 14.7. The lowest BCUT2D eigenvalue weighted by Crippen LogP contribution is -2.00. The molecule has 21 heavy (non-hydrogen) atoms. The molecule has 0 aliphatic carbocycles.